The summed E-state index contributed by atoms with van der Waals surface area (Å²) in [7, 11) is 0. The van der Waals surface area contributed by atoms with E-state index in [2.05, 4.69) is 20.4 Å². The average molecular weight is 395 g/mol. The van der Waals surface area contributed by atoms with E-state index in [4.69, 9.17) is 0 Å². The Balaban J connectivity index is 1.53. The normalized spacial score (nSPS) is 30.2. The number of nitrogens with one attached hydrogen (secondary N) is 2. The van der Waals surface area contributed by atoms with Crippen molar-refractivity contribution in [1.29, 1.82) is 0 Å². The van der Waals surface area contributed by atoms with E-state index in [0.717, 1.165) is 25.5 Å². The van der Waals surface area contributed by atoms with Crippen LogP contribution >= 0.6 is 0 Å². The van der Waals surface area contributed by atoms with E-state index in [0.29, 0.717) is 31.6 Å². The second-order valence-corrected chi connectivity index (χ2v) is 8.28. The molecule has 28 heavy (non-hydrogen) atoms. The lowest BCUT2D eigenvalue weighted by atomic mass is 9.72. The number of hydrogen-bond acceptors (Lipinski definition) is 4. The van der Waals surface area contributed by atoms with E-state index in [1.165, 1.54) is 19.8 Å². The van der Waals surface area contributed by atoms with Gasteiger partial charge in [0.05, 0.1) is 0 Å². The molecule has 0 spiro atoms. The number of piperidine rings is 3. The first kappa shape index (κ1) is 19.3. The molecule has 4 atom stereocenters. The second-order valence-electron chi connectivity index (χ2n) is 8.28. The van der Waals surface area contributed by atoms with Crippen LogP contribution in [0.4, 0.5) is 8.78 Å². The third-order valence-corrected chi connectivity index (χ3v) is 6.52. The fourth-order valence-electron chi connectivity index (χ4n) is 5.32. The highest BCUT2D eigenvalue weighted by molar-refractivity contribution is 5.92. The van der Waals surface area contributed by atoms with Gasteiger partial charge in [-0.05, 0) is 43.7 Å². The number of likely N-dealkylation sites (tertiary alicyclic amines) is 1. The van der Waals surface area contributed by atoms with Gasteiger partial charge in [-0.1, -0.05) is 6.42 Å². The Morgan fingerprint density at radius 3 is 2.82 bits per heavy atom. The van der Waals surface area contributed by atoms with E-state index in [1.54, 1.807) is 4.90 Å². The Morgan fingerprint density at radius 1 is 1.32 bits per heavy atom. The molecule has 0 saturated carbocycles. The Morgan fingerprint density at radius 2 is 2.11 bits per heavy atom. The van der Waals surface area contributed by atoms with E-state index in [9.17, 15) is 18.4 Å². The van der Waals surface area contributed by atoms with Crippen LogP contribution in [0.5, 0.6) is 0 Å². The van der Waals surface area contributed by atoms with E-state index in [1.807, 2.05) is 0 Å². The van der Waals surface area contributed by atoms with Crippen molar-refractivity contribution in [3.8, 4) is 0 Å². The van der Waals surface area contributed by atoms with Gasteiger partial charge in [-0.15, -0.1) is 0 Å². The highest BCUT2D eigenvalue weighted by Gasteiger charge is 2.48. The number of nitrogens with zero attached hydrogens (tertiary/aromatic N) is 3. The van der Waals surface area contributed by atoms with Crippen LogP contribution in [-0.2, 0) is 4.79 Å². The maximum absolute atomic E-state index is 12.9. The van der Waals surface area contributed by atoms with Gasteiger partial charge in [-0.2, -0.15) is 5.10 Å². The zero-order chi connectivity index (χ0) is 19.8. The predicted octanol–water partition coefficient (Wildman–Crippen LogP) is 1.80. The summed E-state index contributed by atoms with van der Waals surface area (Å²) >= 11 is 0. The Bertz CT molecular complexity index is 740. The molecule has 1 aromatic heterocycles. The average Bonchev–Trinajstić information content (AvgIpc) is 3.17. The number of alkyl halides is 2. The zero-order valence-electron chi connectivity index (χ0n) is 16.0. The van der Waals surface area contributed by atoms with E-state index >= 15 is 0 Å². The van der Waals surface area contributed by atoms with Crippen molar-refractivity contribution in [3.63, 3.8) is 0 Å². The van der Waals surface area contributed by atoms with Gasteiger partial charge in [0.15, 0.2) is 5.69 Å². The Kier molecular flexibility index (Phi) is 5.35. The molecule has 4 heterocycles. The van der Waals surface area contributed by atoms with Gasteiger partial charge in [0.25, 0.3) is 12.3 Å². The number of H-pyrrole nitrogens is 1. The van der Waals surface area contributed by atoms with Gasteiger partial charge in [0, 0.05) is 38.6 Å². The molecule has 0 unspecified atom stereocenters. The van der Waals surface area contributed by atoms with Crippen LogP contribution in [0.3, 0.4) is 0 Å². The van der Waals surface area contributed by atoms with Gasteiger partial charge < -0.3 is 10.2 Å². The number of carbonyl (C=O) groups is 2. The molecule has 154 valence electrons. The molecule has 0 aromatic carbocycles. The first-order valence-electron chi connectivity index (χ1n) is 10.1. The number of aromatic amines is 1. The molecule has 2 bridgehead atoms. The maximum Gasteiger partial charge on any atom is 0.279 e. The quantitative estimate of drug-likeness (QED) is 0.815. The summed E-state index contributed by atoms with van der Waals surface area (Å²) < 4.78 is 25.6. The molecule has 4 rings (SSSR count). The largest absolute Gasteiger partial charge is 0.355 e. The van der Waals surface area contributed by atoms with Crippen LogP contribution in [0.15, 0.2) is 6.07 Å². The predicted molar refractivity (Wildman–Crippen MR) is 97.9 cm³/mol. The van der Waals surface area contributed by atoms with Crippen LogP contribution in [0, 0.1) is 11.8 Å². The molecule has 2 N–H and O–H groups in total. The number of rotatable bonds is 4. The van der Waals surface area contributed by atoms with Gasteiger partial charge in [-0.3, -0.25) is 19.6 Å². The minimum absolute atomic E-state index is 0.0459. The van der Waals surface area contributed by atoms with Crippen LogP contribution in [0.25, 0.3) is 0 Å². The van der Waals surface area contributed by atoms with E-state index in [-0.39, 0.29) is 35.2 Å². The first-order chi connectivity index (χ1) is 13.4. The van der Waals surface area contributed by atoms with Crippen LogP contribution in [-0.4, -0.2) is 70.1 Å². The minimum Gasteiger partial charge on any atom is -0.355 e. The van der Waals surface area contributed by atoms with Gasteiger partial charge >= 0.3 is 0 Å². The van der Waals surface area contributed by atoms with Crippen LogP contribution in [0.2, 0.25) is 0 Å². The standard InChI is InChI=1S/C19H27F2N5O2/c1-11(27)22-8-17-13-6-12(16-4-2-3-5-26(16)17)9-25(10-13)19(28)15-7-14(18(20)21)23-24-15/h7,12-13,16-18H,2-6,8-10H2,1H3,(H,22,27)(H,23,24)/t12-,13+,16+,17+/m1/s1. The van der Waals surface area contributed by atoms with Crippen molar-refractivity contribution in [3.05, 3.63) is 17.5 Å². The fraction of sp³-hybridized carbons (Fsp3) is 0.737. The summed E-state index contributed by atoms with van der Waals surface area (Å²) in [6.45, 7) is 4.35. The lowest BCUT2D eigenvalue weighted by Crippen LogP contribution is -2.66. The molecule has 9 heteroatoms. The third-order valence-electron chi connectivity index (χ3n) is 6.52. The monoisotopic (exact) mass is 395 g/mol. The Hall–Kier alpha value is -2.03. The molecule has 2 amide bonds. The van der Waals surface area contributed by atoms with Crippen LogP contribution < -0.4 is 5.32 Å². The van der Waals surface area contributed by atoms with Crippen molar-refractivity contribution >= 4 is 11.8 Å². The molecule has 3 aliphatic heterocycles. The number of amides is 2. The number of fused-ring (bicyclic) bond motifs is 4. The summed E-state index contributed by atoms with van der Waals surface area (Å²) in [5.74, 6) is 0.304. The zero-order valence-corrected chi connectivity index (χ0v) is 16.0. The van der Waals surface area contributed by atoms with Crippen molar-refractivity contribution < 1.29 is 18.4 Å². The first-order valence-corrected chi connectivity index (χ1v) is 10.1. The van der Waals surface area contributed by atoms with Crippen molar-refractivity contribution in [2.75, 3.05) is 26.2 Å². The molecule has 3 aliphatic rings. The molecule has 1 aromatic rings. The number of halogens is 2. The highest BCUT2D eigenvalue weighted by Crippen LogP contribution is 2.41. The Labute approximate surface area is 162 Å². The smallest absolute Gasteiger partial charge is 0.279 e. The van der Waals surface area contributed by atoms with Crippen LogP contribution in [0.1, 0.15) is 55.2 Å². The molecule has 7 nitrogen and oxygen atoms in total. The fourth-order valence-corrected chi connectivity index (χ4v) is 5.32. The summed E-state index contributed by atoms with van der Waals surface area (Å²) in [5, 5.41) is 9.02. The van der Waals surface area contributed by atoms with Gasteiger partial charge in [-0.25, -0.2) is 8.78 Å². The SMILES string of the molecule is CC(=O)NC[C@H]1[C@H]2C[C@H](CN(C(=O)c3cc(C(F)F)[nH]n3)C2)[C@@H]2CCCCN21. The van der Waals surface area contributed by atoms with Crippen molar-refractivity contribution in [1.82, 2.24) is 25.3 Å². The summed E-state index contributed by atoms with van der Waals surface area (Å²) in [6, 6.07) is 1.77. The van der Waals surface area contributed by atoms with Gasteiger partial charge in [0.1, 0.15) is 5.69 Å². The molecular weight excluding hydrogens is 368 g/mol. The maximum atomic E-state index is 12.9. The molecule has 0 aliphatic carbocycles. The molecular formula is C19H27F2N5O2. The minimum atomic E-state index is -2.67. The van der Waals surface area contributed by atoms with Crippen molar-refractivity contribution in [2.24, 2.45) is 11.8 Å². The van der Waals surface area contributed by atoms with Crippen molar-refractivity contribution in [2.45, 2.75) is 51.1 Å². The summed E-state index contributed by atoms with van der Waals surface area (Å²) in [4.78, 5) is 28.7. The molecule has 0 radical (unpaired) electrons. The molecule has 3 fully saturated rings. The topological polar surface area (TPSA) is 81.3 Å². The number of aromatic nitrogens is 2. The number of carbonyl (C=O) groups excluding carboxylic acids is 2. The molecule has 3 saturated heterocycles. The summed E-state index contributed by atoms with van der Waals surface area (Å²) in [6.07, 6.45) is 1.82. The lowest BCUT2D eigenvalue weighted by molar-refractivity contribution is -0.120. The third kappa shape index (κ3) is 3.64. The second kappa shape index (κ2) is 7.77. The highest BCUT2D eigenvalue weighted by atomic mass is 19.3. The lowest BCUT2D eigenvalue weighted by Gasteiger charge is -2.56. The van der Waals surface area contributed by atoms with Gasteiger partial charge in [0.2, 0.25) is 5.91 Å². The van der Waals surface area contributed by atoms with E-state index < -0.39 is 6.43 Å². The summed E-state index contributed by atoms with van der Waals surface area (Å²) in [5.41, 5.74) is -0.281. The number of hydrogen-bond donors (Lipinski definition) is 2.